The van der Waals surface area contributed by atoms with E-state index in [-0.39, 0.29) is 22.0 Å². The van der Waals surface area contributed by atoms with Gasteiger partial charge in [0.1, 0.15) is 4.90 Å². The zero-order valence-corrected chi connectivity index (χ0v) is 15.7. The number of nitrogens with zero attached hydrogens (tertiary/aromatic N) is 1. The van der Waals surface area contributed by atoms with Crippen molar-refractivity contribution >= 4 is 33.0 Å². The number of anilines is 2. The van der Waals surface area contributed by atoms with E-state index in [1.165, 1.54) is 6.07 Å². The van der Waals surface area contributed by atoms with Crippen LogP contribution in [0.15, 0.2) is 53.4 Å². The van der Waals surface area contributed by atoms with E-state index in [0.29, 0.717) is 18.9 Å². The van der Waals surface area contributed by atoms with Crippen LogP contribution in [-0.2, 0) is 14.8 Å². The largest absolute Gasteiger partial charge is 0.377 e. The van der Waals surface area contributed by atoms with Crippen LogP contribution in [-0.4, -0.2) is 33.7 Å². The van der Waals surface area contributed by atoms with Gasteiger partial charge in [-0.15, -0.1) is 0 Å². The molecule has 2 unspecified atom stereocenters. The molecule has 5 nitrogen and oxygen atoms in total. The number of rotatable bonds is 4. The van der Waals surface area contributed by atoms with E-state index in [0.717, 1.165) is 5.69 Å². The molecule has 25 heavy (non-hydrogen) atoms. The first-order chi connectivity index (χ1) is 11.9. The summed E-state index contributed by atoms with van der Waals surface area (Å²) in [5.41, 5.74) is 1.54. The molecule has 0 radical (unpaired) electrons. The standard InChI is InChI=1S/C18H21ClN2O3S/c1-13-11-24-12-14(2)21(13)16-9-7-15(8-10-16)20-25(22,23)18-6-4-3-5-17(18)19/h3-10,13-14,20H,11-12H2,1-2H3. The predicted molar refractivity (Wildman–Crippen MR) is 101 cm³/mol. The predicted octanol–water partition coefficient (Wildman–Crippen LogP) is 3.75. The molecule has 2 aromatic rings. The number of benzene rings is 2. The van der Waals surface area contributed by atoms with Crippen molar-refractivity contribution in [3.05, 3.63) is 53.6 Å². The smallest absolute Gasteiger partial charge is 0.263 e. The van der Waals surface area contributed by atoms with Gasteiger partial charge >= 0.3 is 0 Å². The van der Waals surface area contributed by atoms with Gasteiger partial charge in [0, 0.05) is 23.5 Å². The maximum absolute atomic E-state index is 12.5. The molecule has 2 atom stereocenters. The third-order valence-electron chi connectivity index (χ3n) is 4.21. The number of hydrogen-bond donors (Lipinski definition) is 1. The van der Waals surface area contributed by atoms with Crippen molar-refractivity contribution < 1.29 is 13.2 Å². The molecule has 0 bridgehead atoms. The Morgan fingerprint density at radius 2 is 1.64 bits per heavy atom. The van der Waals surface area contributed by atoms with Crippen LogP contribution in [0.4, 0.5) is 11.4 Å². The minimum absolute atomic E-state index is 0.0659. The summed E-state index contributed by atoms with van der Waals surface area (Å²) >= 11 is 6.00. The van der Waals surface area contributed by atoms with Crippen LogP contribution >= 0.6 is 11.6 Å². The monoisotopic (exact) mass is 380 g/mol. The maximum atomic E-state index is 12.5. The molecule has 1 heterocycles. The number of morpholine rings is 1. The molecule has 1 aliphatic rings. The third-order valence-corrected chi connectivity index (χ3v) is 6.09. The highest BCUT2D eigenvalue weighted by atomic mass is 35.5. The zero-order chi connectivity index (χ0) is 18.0. The number of hydrogen-bond acceptors (Lipinski definition) is 4. The number of nitrogens with one attached hydrogen (secondary N) is 1. The Labute approximate surface area is 153 Å². The average Bonchev–Trinajstić information content (AvgIpc) is 2.56. The average molecular weight is 381 g/mol. The van der Waals surface area contributed by atoms with E-state index in [2.05, 4.69) is 23.5 Å². The first kappa shape index (κ1) is 18.0. The lowest BCUT2D eigenvalue weighted by Gasteiger charge is -2.40. The van der Waals surface area contributed by atoms with E-state index in [1.807, 2.05) is 12.1 Å². The Morgan fingerprint density at radius 1 is 1.04 bits per heavy atom. The van der Waals surface area contributed by atoms with Gasteiger partial charge in [0.2, 0.25) is 0 Å². The molecule has 0 spiro atoms. The fourth-order valence-electron chi connectivity index (χ4n) is 3.09. The van der Waals surface area contributed by atoms with Gasteiger partial charge in [0.05, 0.1) is 18.2 Å². The molecule has 7 heteroatoms. The highest BCUT2D eigenvalue weighted by molar-refractivity contribution is 7.92. The molecule has 1 N–H and O–H groups in total. The molecule has 1 fully saturated rings. The number of ether oxygens (including phenoxy) is 1. The van der Waals surface area contributed by atoms with Crippen LogP contribution in [0.2, 0.25) is 5.02 Å². The summed E-state index contributed by atoms with van der Waals surface area (Å²) in [6.45, 7) is 5.60. The Kier molecular flexibility index (Phi) is 5.22. The van der Waals surface area contributed by atoms with E-state index in [9.17, 15) is 8.42 Å². The van der Waals surface area contributed by atoms with Crippen LogP contribution in [0.5, 0.6) is 0 Å². The van der Waals surface area contributed by atoms with Gasteiger partial charge in [-0.25, -0.2) is 8.42 Å². The van der Waals surface area contributed by atoms with E-state index in [1.54, 1.807) is 30.3 Å². The Bertz CT molecular complexity index is 830. The normalized spacial score (nSPS) is 21.2. The highest BCUT2D eigenvalue weighted by Gasteiger charge is 2.25. The number of sulfonamides is 1. The maximum Gasteiger partial charge on any atom is 0.263 e. The molecule has 3 rings (SSSR count). The summed E-state index contributed by atoms with van der Waals surface area (Å²) in [7, 11) is -3.72. The Balaban J connectivity index is 1.80. The minimum atomic E-state index is -3.72. The van der Waals surface area contributed by atoms with Crippen LogP contribution < -0.4 is 9.62 Å². The summed E-state index contributed by atoms with van der Waals surface area (Å²) in [6.07, 6.45) is 0. The second kappa shape index (κ2) is 7.23. The van der Waals surface area contributed by atoms with E-state index in [4.69, 9.17) is 16.3 Å². The fourth-order valence-corrected chi connectivity index (χ4v) is 4.67. The van der Waals surface area contributed by atoms with Crippen molar-refractivity contribution in [3.8, 4) is 0 Å². The van der Waals surface area contributed by atoms with Crippen LogP contribution in [0.1, 0.15) is 13.8 Å². The highest BCUT2D eigenvalue weighted by Crippen LogP contribution is 2.27. The molecule has 1 aliphatic heterocycles. The summed E-state index contributed by atoms with van der Waals surface area (Å²) in [6, 6.07) is 14.3. The molecular formula is C18H21ClN2O3S. The summed E-state index contributed by atoms with van der Waals surface area (Å²) < 4.78 is 33.1. The topological polar surface area (TPSA) is 58.6 Å². The minimum Gasteiger partial charge on any atom is -0.377 e. The lowest BCUT2D eigenvalue weighted by molar-refractivity contribution is 0.0757. The molecule has 134 valence electrons. The van der Waals surface area contributed by atoms with Gasteiger partial charge in [0.15, 0.2) is 0 Å². The van der Waals surface area contributed by atoms with Crippen LogP contribution in [0, 0.1) is 0 Å². The fraction of sp³-hybridized carbons (Fsp3) is 0.333. The molecule has 0 aromatic heterocycles. The molecule has 2 aromatic carbocycles. The van der Waals surface area contributed by atoms with Crippen LogP contribution in [0.3, 0.4) is 0 Å². The van der Waals surface area contributed by atoms with Crippen molar-refractivity contribution in [1.82, 2.24) is 0 Å². The van der Waals surface area contributed by atoms with Crippen molar-refractivity contribution in [2.75, 3.05) is 22.8 Å². The zero-order valence-electron chi connectivity index (χ0n) is 14.1. The van der Waals surface area contributed by atoms with E-state index < -0.39 is 10.0 Å². The van der Waals surface area contributed by atoms with Crippen molar-refractivity contribution in [2.24, 2.45) is 0 Å². The van der Waals surface area contributed by atoms with Crippen molar-refractivity contribution in [2.45, 2.75) is 30.8 Å². The molecular weight excluding hydrogens is 360 g/mol. The molecule has 0 saturated carbocycles. The molecule has 1 saturated heterocycles. The van der Waals surface area contributed by atoms with Gasteiger partial charge in [-0.05, 0) is 50.2 Å². The Morgan fingerprint density at radius 3 is 2.24 bits per heavy atom. The van der Waals surface area contributed by atoms with Gasteiger partial charge in [0.25, 0.3) is 10.0 Å². The lowest BCUT2D eigenvalue weighted by Crippen LogP contribution is -2.49. The number of halogens is 1. The second-order valence-corrected chi connectivity index (χ2v) is 8.28. The summed E-state index contributed by atoms with van der Waals surface area (Å²) in [5, 5.41) is 0.197. The van der Waals surface area contributed by atoms with Crippen molar-refractivity contribution in [1.29, 1.82) is 0 Å². The Hall–Kier alpha value is -1.76. The quantitative estimate of drug-likeness (QED) is 0.877. The van der Waals surface area contributed by atoms with Crippen molar-refractivity contribution in [3.63, 3.8) is 0 Å². The van der Waals surface area contributed by atoms with Gasteiger partial charge in [-0.1, -0.05) is 23.7 Å². The first-order valence-corrected chi connectivity index (χ1v) is 9.98. The SMILES string of the molecule is CC1COCC(C)N1c1ccc(NS(=O)(=O)c2ccccc2Cl)cc1. The second-order valence-electron chi connectivity index (χ2n) is 6.23. The van der Waals surface area contributed by atoms with Gasteiger partial charge < -0.3 is 9.64 Å². The van der Waals surface area contributed by atoms with Gasteiger partial charge in [-0.3, -0.25) is 4.72 Å². The van der Waals surface area contributed by atoms with Crippen LogP contribution in [0.25, 0.3) is 0 Å². The molecule has 0 amide bonds. The van der Waals surface area contributed by atoms with E-state index >= 15 is 0 Å². The lowest BCUT2D eigenvalue weighted by atomic mass is 10.1. The summed E-state index contributed by atoms with van der Waals surface area (Å²) in [5.74, 6) is 0. The van der Waals surface area contributed by atoms with Gasteiger partial charge in [-0.2, -0.15) is 0 Å². The first-order valence-electron chi connectivity index (χ1n) is 8.12. The molecule has 0 aliphatic carbocycles. The third kappa shape index (κ3) is 3.92. The summed E-state index contributed by atoms with van der Waals surface area (Å²) in [4.78, 5) is 2.35.